The minimum Gasteiger partial charge on any atom is -0.341 e. The smallest absolute Gasteiger partial charge is 0.225 e. The molecule has 0 spiro atoms. The van der Waals surface area contributed by atoms with Gasteiger partial charge in [-0.15, -0.1) is 0 Å². The van der Waals surface area contributed by atoms with Crippen molar-refractivity contribution in [1.29, 1.82) is 0 Å². The topological polar surface area (TPSA) is 32.3 Å². The fraction of sp³-hybridized carbons (Fsp3) is 0.533. The summed E-state index contributed by atoms with van der Waals surface area (Å²) >= 11 is 5.96. The van der Waals surface area contributed by atoms with E-state index in [4.69, 9.17) is 11.6 Å². The molecule has 19 heavy (non-hydrogen) atoms. The number of hydrogen-bond donors (Lipinski definition) is 1. The van der Waals surface area contributed by atoms with Crippen molar-refractivity contribution in [2.75, 3.05) is 13.6 Å². The van der Waals surface area contributed by atoms with Crippen LogP contribution in [0.4, 0.5) is 0 Å². The van der Waals surface area contributed by atoms with E-state index in [-0.39, 0.29) is 11.8 Å². The van der Waals surface area contributed by atoms with Gasteiger partial charge in [-0.1, -0.05) is 23.7 Å². The highest BCUT2D eigenvalue weighted by molar-refractivity contribution is 6.30. The third-order valence-corrected chi connectivity index (χ3v) is 3.89. The molecular formula is C15H21ClN2O. The van der Waals surface area contributed by atoms with Crippen molar-refractivity contribution in [2.45, 2.75) is 32.4 Å². The zero-order chi connectivity index (χ0) is 13.8. The molecule has 1 aliphatic heterocycles. The normalized spacial score (nSPS) is 23.1. The maximum Gasteiger partial charge on any atom is 0.225 e. The summed E-state index contributed by atoms with van der Waals surface area (Å²) in [4.78, 5) is 14.2. The fourth-order valence-electron chi connectivity index (χ4n) is 2.65. The summed E-state index contributed by atoms with van der Waals surface area (Å²) in [6.45, 7) is 3.69. The molecule has 0 bridgehead atoms. The first-order chi connectivity index (χ1) is 9.06. The number of carbonyl (C=O) groups excluding carboxylic acids is 1. The van der Waals surface area contributed by atoms with E-state index in [9.17, 15) is 4.79 Å². The maximum atomic E-state index is 12.4. The van der Waals surface area contributed by atoms with Gasteiger partial charge in [0.05, 0.1) is 0 Å². The summed E-state index contributed by atoms with van der Waals surface area (Å²) in [5.41, 5.74) is 1.07. The van der Waals surface area contributed by atoms with Crippen molar-refractivity contribution >= 4 is 17.5 Å². The average molecular weight is 281 g/mol. The number of benzene rings is 1. The van der Waals surface area contributed by atoms with Gasteiger partial charge in [0.2, 0.25) is 5.91 Å². The summed E-state index contributed by atoms with van der Waals surface area (Å²) in [6.07, 6.45) is 1.86. The highest BCUT2D eigenvalue weighted by Crippen LogP contribution is 2.20. The van der Waals surface area contributed by atoms with Crippen LogP contribution in [0.2, 0.25) is 5.02 Å². The number of hydrogen-bond acceptors (Lipinski definition) is 2. The molecule has 0 aliphatic carbocycles. The molecule has 3 nitrogen and oxygen atoms in total. The summed E-state index contributed by atoms with van der Waals surface area (Å²) in [5, 5.41) is 4.09. The molecule has 4 heteroatoms. The van der Waals surface area contributed by atoms with Crippen molar-refractivity contribution in [2.24, 2.45) is 5.92 Å². The molecule has 1 heterocycles. The molecule has 1 aliphatic rings. The Morgan fingerprint density at radius 2 is 2.32 bits per heavy atom. The SMILES string of the molecule is CC1CC(C(=O)N(C)Cc2cccc(Cl)c2)CCN1. The van der Waals surface area contributed by atoms with Gasteiger partial charge in [-0.25, -0.2) is 0 Å². The molecule has 0 saturated carbocycles. The van der Waals surface area contributed by atoms with Crippen LogP contribution in [0.3, 0.4) is 0 Å². The molecule has 1 aromatic carbocycles. The maximum absolute atomic E-state index is 12.4. The quantitative estimate of drug-likeness (QED) is 0.923. The largest absolute Gasteiger partial charge is 0.341 e. The Bertz CT molecular complexity index is 450. The zero-order valence-corrected chi connectivity index (χ0v) is 12.3. The highest BCUT2D eigenvalue weighted by atomic mass is 35.5. The van der Waals surface area contributed by atoms with E-state index in [1.165, 1.54) is 0 Å². The van der Waals surface area contributed by atoms with Crippen LogP contribution in [0.5, 0.6) is 0 Å². The molecule has 0 aromatic heterocycles. The first-order valence-electron chi connectivity index (χ1n) is 6.79. The molecule has 2 unspecified atom stereocenters. The number of nitrogens with one attached hydrogen (secondary N) is 1. The van der Waals surface area contributed by atoms with Crippen LogP contribution in [0.1, 0.15) is 25.3 Å². The van der Waals surface area contributed by atoms with E-state index in [0.717, 1.165) is 24.9 Å². The summed E-state index contributed by atoms with van der Waals surface area (Å²) in [7, 11) is 1.87. The number of nitrogens with zero attached hydrogens (tertiary/aromatic N) is 1. The lowest BCUT2D eigenvalue weighted by Crippen LogP contribution is -2.42. The molecule has 1 N–H and O–H groups in total. The van der Waals surface area contributed by atoms with Crippen LogP contribution < -0.4 is 5.32 Å². The summed E-state index contributed by atoms with van der Waals surface area (Å²) < 4.78 is 0. The third-order valence-electron chi connectivity index (χ3n) is 3.66. The van der Waals surface area contributed by atoms with Crippen molar-refractivity contribution in [3.63, 3.8) is 0 Å². The number of amides is 1. The van der Waals surface area contributed by atoms with E-state index in [1.54, 1.807) is 0 Å². The summed E-state index contributed by atoms with van der Waals surface area (Å²) in [6, 6.07) is 8.11. The predicted molar refractivity (Wildman–Crippen MR) is 78.1 cm³/mol. The lowest BCUT2D eigenvalue weighted by Gasteiger charge is -2.30. The standard InChI is InChI=1S/C15H21ClN2O/c1-11-8-13(6-7-17-11)15(19)18(2)10-12-4-3-5-14(16)9-12/h3-5,9,11,13,17H,6-8,10H2,1-2H3. The van der Waals surface area contributed by atoms with E-state index < -0.39 is 0 Å². The van der Waals surface area contributed by atoms with Crippen LogP contribution in [-0.2, 0) is 11.3 Å². The van der Waals surface area contributed by atoms with Crippen LogP contribution in [0.25, 0.3) is 0 Å². The van der Waals surface area contributed by atoms with Crippen LogP contribution in [0, 0.1) is 5.92 Å². The van der Waals surface area contributed by atoms with E-state index in [2.05, 4.69) is 12.2 Å². The van der Waals surface area contributed by atoms with Gasteiger partial charge in [0.25, 0.3) is 0 Å². The number of piperidine rings is 1. The lowest BCUT2D eigenvalue weighted by molar-refractivity contribution is -0.135. The van der Waals surface area contributed by atoms with Gasteiger partial charge < -0.3 is 10.2 Å². The molecule has 2 atom stereocenters. The van der Waals surface area contributed by atoms with Gasteiger partial charge in [0.1, 0.15) is 0 Å². The first-order valence-corrected chi connectivity index (χ1v) is 7.17. The van der Waals surface area contributed by atoms with Gasteiger partial charge >= 0.3 is 0 Å². The van der Waals surface area contributed by atoms with Crippen molar-refractivity contribution in [3.05, 3.63) is 34.9 Å². The summed E-state index contributed by atoms with van der Waals surface area (Å²) in [5.74, 6) is 0.397. The monoisotopic (exact) mass is 280 g/mol. The number of carbonyl (C=O) groups is 1. The van der Waals surface area contributed by atoms with Gasteiger partial charge in [-0.2, -0.15) is 0 Å². The Labute approximate surface area is 119 Å². The van der Waals surface area contributed by atoms with Crippen LogP contribution in [0.15, 0.2) is 24.3 Å². The average Bonchev–Trinajstić information content (AvgIpc) is 2.38. The van der Waals surface area contributed by atoms with Gasteiger partial charge in [-0.3, -0.25) is 4.79 Å². The molecule has 0 radical (unpaired) electrons. The molecule has 1 fully saturated rings. The van der Waals surface area contributed by atoms with E-state index in [0.29, 0.717) is 17.6 Å². The molecule has 1 aromatic rings. The van der Waals surface area contributed by atoms with Gasteiger partial charge in [0.15, 0.2) is 0 Å². The molecule has 1 amide bonds. The third kappa shape index (κ3) is 3.95. The Morgan fingerprint density at radius 1 is 1.53 bits per heavy atom. The molecular weight excluding hydrogens is 260 g/mol. The Kier molecular flexibility index (Phi) is 4.83. The Morgan fingerprint density at radius 3 is 3.00 bits per heavy atom. The van der Waals surface area contributed by atoms with Gasteiger partial charge in [0, 0.05) is 30.6 Å². The minimum atomic E-state index is 0.153. The van der Waals surface area contributed by atoms with Crippen molar-refractivity contribution in [1.82, 2.24) is 10.2 Å². The molecule has 104 valence electrons. The van der Waals surface area contributed by atoms with E-state index >= 15 is 0 Å². The molecule has 2 rings (SSSR count). The Hall–Kier alpha value is -1.06. The highest BCUT2D eigenvalue weighted by Gasteiger charge is 2.26. The Balaban J connectivity index is 1.95. The lowest BCUT2D eigenvalue weighted by atomic mass is 9.92. The second kappa shape index (κ2) is 6.40. The number of rotatable bonds is 3. The van der Waals surface area contributed by atoms with Crippen molar-refractivity contribution < 1.29 is 4.79 Å². The predicted octanol–water partition coefficient (Wildman–Crippen LogP) is 2.69. The second-order valence-electron chi connectivity index (χ2n) is 5.40. The van der Waals surface area contributed by atoms with Crippen LogP contribution in [-0.4, -0.2) is 30.4 Å². The molecule has 1 saturated heterocycles. The zero-order valence-electron chi connectivity index (χ0n) is 11.5. The minimum absolute atomic E-state index is 0.153. The number of halogens is 1. The fourth-order valence-corrected chi connectivity index (χ4v) is 2.87. The second-order valence-corrected chi connectivity index (χ2v) is 5.84. The van der Waals surface area contributed by atoms with Gasteiger partial charge in [-0.05, 0) is 44.0 Å². The van der Waals surface area contributed by atoms with Crippen LogP contribution >= 0.6 is 11.6 Å². The van der Waals surface area contributed by atoms with Crippen molar-refractivity contribution in [3.8, 4) is 0 Å². The first kappa shape index (κ1) is 14.4. The van der Waals surface area contributed by atoms with E-state index in [1.807, 2.05) is 36.2 Å².